The van der Waals surface area contributed by atoms with Crippen molar-refractivity contribution in [2.24, 2.45) is 0 Å². The highest BCUT2D eigenvalue weighted by molar-refractivity contribution is 7.17. The van der Waals surface area contributed by atoms with Crippen molar-refractivity contribution in [3.63, 3.8) is 0 Å². The fourth-order valence-corrected chi connectivity index (χ4v) is 2.38. The summed E-state index contributed by atoms with van der Waals surface area (Å²) in [5, 5.41) is 13.0. The minimum atomic E-state index is 0.519. The van der Waals surface area contributed by atoms with Gasteiger partial charge in [-0.15, -0.1) is 11.3 Å². The molecule has 0 spiro atoms. The van der Waals surface area contributed by atoms with Crippen molar-refractivity contribution in [2.45, 2.75) is 6.54 Å². The van der Waals surface area contributed by atoms with Gasteiger partial charge in [0.2, 0.25) is 0 Å². The third-order valence-corrected chi connectivity index (χ3v) is 3.52. The van der Waals surface area contributed by atoms with E-state index in [1.165, 1.54) is 11.3 Å². The summed E-state index contributed by atoms with van der Waals surface area (Å²) in [5.41, 5.74) is 7.28. The van der Waals surface area contributed by atoms with Crippen LogP contribution in [0.5, 0.6) is 5.75 Å². The van der Waals surface area contributed by atoms with Crippen molar-refractivity contribution < 1.29 is 4.74 Å². The van der Waals surface area contributed by atoms with Crippen LogP contribution in [-0.4, -0.2) is 7.11 Å². The Hall–Kier alpha value is -2.19. The maximum atomic E-state index is 8.83. The number of thiophene rings is 1. The Kier molecular flexibility index (Phi) is 3.70. The lowest BCUT2D eigenvalue weighted by atomic mass is 10.2. The first-order valence-electron chi connectivity index (χ1n) is 5.39. The van der Waals surface area contributed by atoms with Crippen molar-refractivity contribution >= 4 is 22.0 Å². The number of anilines is 2. The predicted molar refractivity (Wildman–Crippen MR) is 73.8 cm³/mol. The zero-order valence-corrected chi connectivity index (χ0v) is 10.8. The number of ether oxygens (including phenoxy) is 1. The summed E-state index contributed by atoms with van der Waals surface area (Å²) in [6, 6.07) is 11.6. The van der Waals surface area contributed by atoms with Gasteiger partial charge in [-0.1, -0.05) is 18.2 Å². The number of hydrogen-bond donors (Lipinski definition) is 2. The Morgan fingerprint density at radius 2 is 2.22 bits per heavy atom. The molecule has 0 saturated carbocycles. The standard InChI is InChI=1S/C13H13N3OS/c1-17-11-5-3-2-4-9(11)8-16-13-6-10(15)12(7-14)18-13/h2-6,16H,8,15H2,1H3. The van der Waals surface area contributed by atoms with E-state index in [2.05, 4.69) is 11.4 Å². The molecule has 92 valence electrons. The van der Waals surface area contributed by atoms with Crippen molar-refractivity contribution in [3.05, 3.63) is 40.8 Å². The number of nitriles is 1. The van der Waals surface area contributed by atoms with E-state index in [1.54, 1.807) is 13.2 Å². The van der Waals surface area contributed by atoms with Crippen molar-refractivity contribution in [2.75, 3.05) is 18.2 Å². The van der Waals surface area contributed by atoms with E-state index in [-0.39, 0.29) is 0 Å². The van der Waals surface area contributed by atoms with Crippen LogP contribution in [-0.2, 0) is 6.54 Å². The van der Waals surface area contributed by atoms with E-state index < -0.39 is 0 Å². The molecule has 0 atom stereocenters. The highest BCUT2D eigenvalue weighted by Gasteiger charge is 2.06. The average molecular weight is 259 g/mol. The lowest BCUT2D eigenvalue weighted by Gasteiger charge is -2.08. The van der Waals surface area contributed by atoms with Gasteiger partial charge in [0.25, 0.3) is 0 Å². The van der Waals surface area contributed by atoms with Gasteiger partial charge in [0, 0.05) is 12.1 Å². The molecule has 1 aromatic carbocycles. The Bertz CT molecular complexity index is 586. The zero-order chi connectivity index (χ0) is 13.0. The Morgan fingerprint density at radius 3 is 2.89 bits per heavy atom. The smallest absolute Gasteiger partial charge is 0.129 e. The largest absolute Gasteiger partial charge is 0.496 e. The molecule has 0 fully saturated rings. The molecule has 1 aromatic heterocycles. The van der Waals surface area contributed by atoms with Crippen LogP contribution >= 0.6 is 11.3 Å². The van der Waals surface area contributed by atoms with Crippen LogP contribution in [0.15, 0.2) is 30.3 Å². The molecule has 0 radical (unpaired) electrons. The fourth-order valence-electron chi connectivity index (χ4n) is 1.61. The number of nitrogens with two attached hydrogens (primary N) is 1. The van der Waals surface area contributed by atoms with Crippen LogP contribution in [0.2, 0.25) is 0 Å². The average Bonchev–Trinajstić information content (AvgIpc) is 2.77. The molecule has 0 unspecified atom stereocenters. The molecule has 2 aromatic rings. The van der Waals surface area contributed by atoms with Gasteiger partial charge in [-0.2, -0.15) is 5.26 Å². The number of hydrogen-bond acceptors (Lipinski definition) is 5. The van der Waals surface area contributed by atoms with E-state index in [0.717, 1.165) is 16.3 Å². The summed E-state index contributed by atoms with van der Waals surface area (Å²) in [4.78, 5) is 0.539. The first-order chi connectivity index (χ1) is 8.74. The van der Waals surface area contributed by atoms with Gasteiger partial charge in [-0.3, -0.25) is 0 Å². The molecule has 3 N–H and O–H groups in total. The zero-order valence-electron chi connectivity index (χ0n) is 9.93. The molecule has 0 aliphatic heterocycles. The molecular weight excluding hydrogens is 246 g/mol. The van der Waals surface area contributed by atoms with Gasteiger partial charge in [-0.05, 0) is 12.1 Å². The quantitative estimate of drug-likeness (QED) is 0.885. The number of methoxy groups -OCH3 is 1. The first kappa shape index (κ1) is 12.3. The van der Waals surface area contributed by atoms with Crippen LogP contribution in [0, 0.1) is 11.3 Å². The highest BCUT2D eigenvalue weighted by Crippen LogP contribution is 2.29. The van der Waals surface area contributed by atoms with E-state index in [4.69, 9.17) is 15.7 Å². The van der Waals surface area contributed by atoms with Crippen LogP contribution in [0.1, 0.15) is 10.4 Å². The van der Waals surface area contributed by atoms with Crippen LogP contribution in [0.3, 0.4) is 0 Å². The normalized spacial score (nSPS) is 9.78. The van der Waals surface area contributed by atoms with Gasteiger partial charge in [0.1, 0.15) is 16.7 Å². The molecule has 0 aliphatic carbocycles. The third-order valence-electron chi connectivity index (χ3n) is 2.51. The summed E-state index contributed by atoms with van der Waals surface area (Å²) >= 11 is 1.35. The maximum absolute atomic E-state index is 8.83. The number of para-hydroxylation sites is 1. The van der Waals surface area contributed by atoms with E-state index in [9.17, 15) is 0 Å². The second-order valence-electron chi connectivity index (χ2n) is 3.67. The maximum Gasteiger partial charge on any atom is 0.129 e. The van der Waals surface area contributed by atoms with Gasteiger partial charge < -0.3 is 15.8 Å². The number of nitrogens with one attached hydrogen (secondary N) is 1. The number of rotatable bonds is 4. The second kappa shape index (κ2) is 5.43. The minimum Gasteiger partial charge on any atom is -0.496 e. The Morgan fingerprint density at radius 1 is 1.44 bits per heavy atom. The minimum absolute atomic E-state index is 0.519. The second-order valence-corrected chi connectivity index (χ2v) is 4.72. The summed E-state index contributed by atoms with van der Waals surface area (Å²) in [6.45, 7) is 0.634. The summed E-state index contributed by atoms with van der Waals surface area (Å²) in [7, 11) is 1.65. The molecular formula is C13H13N3OS. The molecule has 0 amide bonds. The van der Waals surface area contributed by atoms with E-state index >= 15 is 0 Å². The van der Waals surface area contributed by atoms with Crippen molar-refractivity contribution in [1.82, 2.24) is 0 Å². The molecule has 18 heavy (non-hydrogen) atoms. The number of benzene rings is 1. The highest BCUT2D eigenvalue weighted by atomic mass is 32.1. The van der Waals surface area contributed by atoms with Gasteiger partial charge >= 0.3 is 0 Å². The predicted octanol–water partition coefficient (Wildman–Crippen LogP) is 2.82. The molecule has 0 saturated heterocycles. The first-order valence-corrected chi connectivity index (χ1v) is 6.21. The molecule has 0 aliphatic rings. The SMILES string of the molecule is COc1ccccc1CNc1cc(N)c(C#N)s1. The molecule has 4 nitrogen and oxygen atoms in total. The topological polar surface area (TPSA) is 71.1 Å². The van der Waals surface area contributed by atoms with Gasteiger partial charge in [-0.25, -0.2) is 0 Å². The molecule has 1 heterocycles. The van der Waals surface area contributed by atoms with Crippen molar-refractivity contribution in [1.29, 1.82) is 5.26 Å². The van der Waals surface area contributed by atoms with Gasteiger partial charge in [0.15, 0.2) is 0 Å². The molecule has 0 bridgehead atoms. The monoisotopic (exact) mass is 259 g/mol. The van der Waals surface area contributed by atoms with E-state index in [0.29, 0.717) is 17.1 Å². The summed E-state index contributed by atoms with van der Waals surface area (Å²) in [5.74, 6) is 0.843. The third kappa shape index (κ3) is 2.55. The number of nitrogens with zero attached hydrogens (tertiary/aromatic N) is 1. The van der Waals surface area contributed by atoms with Crippen LogP contribution < -0.4 is 15.8 Å². The van der Waals surface area contributed by atoms with Crippen molar-refractivity contribution in [3.8, 4) is 11.8 Å². The molecule has 5 heteroatoms. The Balaban J connectivity index is 2.09. The van der Waals surface area contributed by atoms with Crippen LogP contribution in [0.4, 0.5) is 10.7 Å². The van der Waals surface area contributed by atoms with E-state index in [1.807, 2.05) is 24.3 Å². The number of nitrogen functional groups attached to an aromatic ring is 1. The van der Waals surface area contributed by atoms with Gasteiger partial charge in [0.05, 0.1) is 17.8 Å². The lowest BCUT2D eigenvalue weighted by molar-refractivity contribution is 0.410. The lowest BCUT2D eigenvalue weighted by Crippen LogP contribution is -2.00. The molecule has 2 rings (SSSR count). The fraction of sp³-hybridized carbons (Fsp3) is 0.154. The summed E-state index contributed by atoms with van der Waals surface area (Å²) in [6.07, 6.45) is 0. The summed E-state index contributed by atoms with van der Waals surface area (Å²) < 4.78 is 5.27. The Labute approximate surface area is 110 Å². The van der Waals surface area contributed by atoms with Crippen LogP contribution in [0.25, 0.3) is 0 Å².